The van der Waals surface area contributed by atoms with Crippen LogP contribution in [-0.4, -0.2) is 17.5 Å². The van der Waals surface area contributed by atoms with E-state index in [-0.39, 0.29) is 6.04 Å². The molecule has 1 aliphatic rings. The van der Waals surface area contributed by atoms with Crippen LogP contribution in [0.4, 0.5) is 5.13 Å². The van der Waals surface area contributed by atoms with Crippen LogP contribution in [0, 0.1) is 0 Å². The van der Waals surface area contributed by atoms with Gasteiger partial charge in [0.05, 0.1) is 18.2 Å². The maximum atomic E-state index is 11.2. The number of aromatic nitrogens is 1. The topological polar surface area (TPSA) is 90.4 Å². The van der Waals surface area contributed by atoms with Gasteiger partial charge in [0, 0.05) is 17.4 Å². The van der Waals surface area contributed by atoms with Crippen molar-refractivity contribution < 1.29 is 13.9 Å². The van der Waals surface area contributed by atoms with Crippen molar-refractivity contribution in [2.24, 2.45) is 5.73 Å². The van der Waals surface area contributed by atoms with Crippen molar-refractivity contribution in [1.29, 1.82) is 0 Å². The number of amides is 1. The monoisotopic (exact) mass is 341 g/mol. The molecular formula is C17H15N3O3S. The normalized spacial score (nSPS) is 16.2. The maximum Gasteiger partial charge on any atom is 0.251 e. The molecule has 0 radical (unpaired) electrons. The third-order valence-electron chi connectivity index (χ3n) is 3.90. The number of carbonyl (C=O) groups is 1. The fourth-order valence-electron chi connectivity index (χ4n) is 2.69. The molecule has 24 heavy (non-hydrogen) atoms. The highest BCUT2D eigenvalue weighted by Gasteiger charge is 2.22. The quantitative estimate of drug-likeness (QED) is 0.758. The minimum Gasteiger partial charge on any atom is -0.493 e. The van der Waals surface area contributed by atoms with Gasteiger partial charge in [-0.1, -0.05) is 18.2 Å². The molecule has 4 rings (SSSR count). The number of rotatable bonds is 4. The number of anilines is 1. The Balaban J connectivity index is 1.55. The third kappa shape index (κ3) is 2.74. The Hall–Kier alpha value is -2.80. The number of nitrogens with two attached hydrogens (primary N) is 1. The number of nitrogens with zero attached hydrogens (tertiary/aromatic N) is 1. The highest BCUT2D eigenvalue weighted by Crippen LogP contribution is 2.35. The standard InChI is InChI=1S/C17H15N3O3S/c18-16(21)10-7-15(23-8-10)13-9-24-17(20-13)19-12-5-6-22-14-4-2-1-3-11(12)14/h1-4,7-9,12H,5-6H2,(H2,18,21)(H,19,20)/t12-/m1/s1. The van der Waals surface area contributed by atoms with Gasteiger partial charge in [0.25, 0.3) is 5.91 Å². The zero-order valence-electron chi connectivity index (χ0n) is 12.7. The number of nitrogens with one attached hydrogen (secondary N) is 1. The summed E-state index contributed by atoms with van der Waals surface area (Å²) in [6.45, 7) is 0.674. The summed E-state index contributed by atoms with van der Waals surface area (Å²) in [6.07, 6.45) is 2.22. The minimum absolute atomic E-state index is 0.159. The van der Waals surface area contributed by atoms with Crippen LogP contribution < -0.4 is 15.8 Å². The highest BCUT2D eigenvalue weighted by molar-refractivity contribution is 7.14. The molecule has 0 spiro atoms. The van der Waals surface area contributed by atoms with Crippen LogP contribution in [0.15, 0.2) is 46.4 Å². The zero-order valence-corrected chi connectivity index (χ0v) is 13.5. The molecule has 3 N–H and O–H groups in total. The highest BCUT2D eigenvalue weighted by atomic mass is 32.1. The van der Waals surface area contributed by atoms with Gasteiger partial charge in [-0.25, -0.2) is 4.98 Å². The number of ether oxygens (including phenoxy) is 1. The number of primary amides is 1. The second kappa shape index (κ2) is 6.01. The summed E-state index contributed by atoms with van der Waals surface area (Å²) in [5.74, 6) is 0.924. The number of hydrogen-bond donors (Lipinski definition) is 2. The number of furan rings is 1. The van der Waals surface area contributed by atoms with Crippen molar-refractivity contribution in [1.82, 2.24) is 4.98 Å². The molecule has 0 aliphatic carbocycles. The molecule has 1 aromatic carbocycles. The summed E-state index contributed by atoms with van der Waals surface area (Å²) in [4.78, 5) is 15.7. The molecule has 0 saturated heterocycles. The number of benzene rings is 1. The number of carbonyl (C=O) groups excluding carboxylic acids is 1. The summed E-state index contributed by atoms with van der Waals surface area (Å²) >= 11 is 1.49. The SMILES string of the molecule is NC(=O)c1coc(-c2csc(N[C@@H]3CCOc4ccccc43)n2)c1. The first kappa shape index (κ1) is 14.8. The molecule has 0 saturated carbocycles. The van der Waals surface area contributed by atoms with Gasteiger partial charge in [-0.15, -0.1) is 11.3 Å². The first-order valence-electron chi connectivity index (χ1n) is 7.53. The molecule has 1 atom stereocenters. The van der Waals surface area contributed by atoms with Crippen LogP contribution in [0.25, 0.3) is 11.5 Å². The third-order valence-corrected chi connectivity index (χ3v) is 4.67. The van der Waals surface area contributed by atoms with E-state index in [2.05, 4.69) is 16.4 Å². The fraction of sp³-hybridized carbons (Fsp3) is 0.176. The van der Waals surface area contributed by atoms with E-state index < -0.39 is 5.91 Å². The predicted molar refractivity (Wildman–Crippen MR) is 91.3 cm³/mol. The zero-order chi connectivity index (χ0) is 16.5. The lowest BCUT2D eigenvalue weighted by Gasteiger charge is -2.26. The van der Waals surface area contributed by atoms with E-state index in [1.54, 1.807) is 6.07 Å². The summed E-state index contributed by atoms with van der Waals surface area (Å²) in [5, 5.41) is 6.13. The Labute approximate surface area is 142 Å². The molecular weight excluding hydrogens is 326 g/mol. The Morgan fingerprint density at radius 3 is 3.08 bits per heavy atom. The van der Waals surface area contributed by atoms with Gasteiger partial charge in [0.15, 0.2) is 10.9 Å². The Morgan fingerprint density at radius 1 is 1.38 bits per heavy atom. The van der Waals surface area contributed by atoms with E-state index in [1.807, 2.05) is 23.6 Å². The van der Waals surface area contributed by atoms with Crippen molar-refractivity contribution >= 4 is 22.4 Å². The van der Waals surface area contributed by atoms with Gasteiger partial charge in [0.2, 0.25) is 0 Å². The van der Waals surface area contributed by atoms with Crippen LogP contribution in [0.2, 0.25) is 0 Å². The van der Waals surface area contributed by atoms with Crippen LogP contribution >= 0.6 is 11.3 Å². The average molecular weight is 341 g/mol. The van der Waals surface area contributed by atoms with Gasteiger partial charge in [-0.05, 0) is 12.1 Å². The number of thiazole rings is 1. The lowest BCUT2D eigenvalue weighted by molar-refractivity contribution is 0.0999. The summed E-state index contributed by atoms with van der Waals surface area (Å²) in [5.41, 5.74) is 7.39. The lowest BCUT2D eigenvalue weighted by atomic mass is 10.0. The Bertz CT molecular complexity index is 887. The number of hydrogen-bond acceptors (Lipinski definition) is 6. The summed E-state index contributed by atoms with van der Waals surface area (Å²) in [6, 6.07) is 9.77. The molecule has 3 heterocycles. The van der Waals surface area contributed by atoms with Gasteiger partial charge in [-0.3, -0.25) is 4.79 Å². The molecule has 122 valence electrons. The van der Waals surface area contributed by atoms with Gasteiger partial charge in [0.1, 0.15) is 17.7 Å². The number of para-hydroxylation sites is 1. The summed E-state index contributed by atoms with van der Waals surface area (Å²) < 4.78 is 11.0. The summed E-state index contributed by atoms with van der Waals surface area (Å²) in [7, 11) is 0. The van der Waals surface area contributed by atoms with Gasteiger partial charge < -0.3 is 20.2 Å². The molecule has 2 aromatic heterocycles. The molecule has 1 amide bonds. The molecule has 7 heteroatoms. The Morgan fingerprint density at radius 2 is 2.25 bits per heavy atom. The second-order valence-corrected chi connectivity index (χ2v) is 6.33. The van der Waals surface area contributed by atoms with Crippen LogP contribution in [0.5, 0.6) is 5.75 Å². The molecule has 0 unspecified atom stereocenters. The van der Waals surface area contributed by atoms with E-state index in [0.29, 0.717) is 23.6 Å². The average Bonchev–Trinajstić information content (AvgIpc) is 3.24. The van der Waals surface area contributed by atoms with Crippen molar-refractivity contribution in [2.75, 3.05) is 11.9 Å². The lowest BCUT2D eigenvalue weighted by Crippen LogP contribution is -2.20. The smallest absolute Gasteiger partial charge is 0.251 e. The Kier molecular flexibility index (Phi) is 3.70. The van der Waals surface area contributed by atoms with Crippen LogP contribution in [0.3, 0.4) is 0 Å². The van der Waals surface area contributed by atoms with E-state index >= 15 is 0 Å². The molecule has 1 aliphatic heterocycles. The van der Waals surface area contributed by atoms with Crippen molar-refractivity contribution in [3.8, 4) is 17.2 Å². The first-order valence-corrected chi connectivity index (χ1v) is 8.41. The second-order valence-electron chi connectivity index (χ2n) is 5.47. The van der Waals surface area contributed by atoms with E-state index in [0.717, 1.165) is 22.9 Å². The number of fused-ring (bicyclic) bond motifs is 1. The predicted octanol–water partition coefficient (Wildman–Crippen LogP) is 3.44. The fourth-order valence-corrected chi connectivity index (χ4v) is 3.45. The van der Waals surface area contributed by atoms with Gasteiger partial charge >= 0.3 is 0 Å². The molecule has 3 aromatic rings. The van der Waals surface area contributed by atoms with Crippen molar-refractivity contribution in [2.45, 2.75) is 12.5 Å². The molecule has 0 bridgehead atoms. The van der Waals surface area contributed by atoms with Crippen LogP contribution in [-0.2, 0) is 0 Å². The van der Waals surface area contributed by atoms with E-state index in [4.69, 9.17) is 14.9 Å². The maximum absolute atomic E-state index is 11.2. The van der Waals surface area contributed by atoms with Crippen molar-refractivity contribution in [3.63, 3.8) is 0 Å². The largest absolute Gasteiger partial charge is 0.493 e. The van der Waals surface area contributed by atoms with Crippen molar-refractivity contribution in [3.05, 3.63) is 53.1 Å². The van der Waals surface area contributed by atoms with Crippen LogP contribution in [0.1, 0.15) is 28.4 Å². The molecule has 0 fully saturated rings. The van der Waals surface area contributed by atoms with Gasteiger partial charge in [-0.2, -0.15) is 0 Å². The minimum atomic E-state index is -0.516. The van der Waals surface area contributed by atoms with E-state index in [1.165, 1.54) is 17.6 Å². The molecule has 6 nitrogen and oxygen atoms in total. The first-order chi connectivity index (χ1) is 11.7. The van der Waals surface area contributed by atoms with E-state index in [9.17, 15) is 4.79 Å².